The summed E-state index contributed by atoms with van der Waals surface area (Å²) < 4.78 is 31.1. The minimum atomic E-state index is -3.73. The molecule has 1 aromatic heterocycles. The van der Waals surface area contributed by atoms with Crippen molar-refractivity contribution in [2.45, 2.75) is 30.0 Å². The van der Waals surface area contributed by atoms with Crippen LogP contribution in [0.15, 0.2) is 10.4 Å². The molecule has 106 valence electrons. The van der Waals surface area contributed by atoms with Gasteiger partial charge < -0.3 is 4.74 Å². The van der Waals surface area contributed by atoms with E-state index in [9.17, 15) is 13.2 Å². The Kier molecular flexibility index (Phi) is 4.44. The van der Waals surface area contributed by atoms with Crippen LogP contribution in [0.3, 0.4) is 0 Å². The van der Waals surface area contributed by atoms with Gasteiger partial charge in [-0.25, -0.2) is 13.4 Å². The zero-order chi connectivity index (χ0) is 14.0. The van der Waals surface area contributed by atoms with Gasteiger partial charge in [-0.15, -0.1) is 0 Å². The van der Waals surface area contributed by atoms with E-state index in [0.29, 0.717) is 19.4 Å². The molecular weight excluding hydrogens is 312 g/mol. The van der Waals surface area contributed by atoms with Crippen molar-refractivity contribution in [1.82, 2.24) is 9.29 Å². The van der Waals surface area contributed by atoms with E-state index in [1.807, 2.05) is 0 Å². The Balaban J connectivity index is 2.27. The predicted octanol–water partition coefficient (Wildman–Crippen LogP) is 1.51. The average molecular weight is 325 g/mol. The van der Waals surface area contributed by atoms with Crippen molar-refractivity contribution in [3.63, 3.8) is 0 Å². The first-order valence-corrected chi connectivity index (χ1v) is 8.40. The Morgan fingerprint density at radius 2 is 2.42 bits per heavy atom. The van der Waals surface area contributed by atoms with E-state index in [0.717, 1.165) is 11.3 Å². The number of esters is 1. The van der Waals surface area contributed by atoms with Crippen LogP contribution in [-0.4, -0.2) is 42.9 Å². The zero-order valence-corrected chi connectivity index (χ0v) is 12.6. The Morgan fingerprint density at radius 1 is 1.68 bits per heavy atom. The number of halogens is 1. The molecule has 2 rings (SSSR count). The minimum absolute atomic E-state index is 0.0497. The van der Waals surface area contributed by atoms with Gasteiger partial charge in [0.15, 0.2) is 8.68 Å². The summed E-state index contributed by atoms with van der Waals surface area (Å²) >= 11 is 6.54. The van der Waals surface area contributed by atoms with Gasteiger partial charge in [-0.05, 0) is 19.8 Å². The molecule has 0 N–H and O–H groups in total. The van der Waals surface area contributed by atoms with E-state index in [1.165, 1.54) is 10.5 Å². The maximum atomic E-state index is 12.4. The second-order valence-corrected chi connectivity index (χ2v) is 7.69. The smallest absolute Gasteiger partial charge is 0.324 e. The maximum absolute atomic E-state index is 12.4. The van der Waals surface area contributed by atoms with Crippen molar-refractivity contribution in [3.05, 3.63) is 10.7 Å². The number of carbonyl (C=O) groups is 1. The van der Waals surface area contributed by atoms with Crippen molar-refractivity contribution in [2.24, 2.45) is 0 Å². The lowest BCUT2D eigenvalue weighted by Gasteiger charge is -2.21. The van der Waals surface area contributed by atoms with Crippen LogP contribution < -0.4 is 0 Å². The maximum Gasteiger partial charge on any atom is 0.324 e. The van der Waals surface area contributed by atoms with E-state index in [2.05, 4.69) is 4.98 Å². The third-order valence-electron chi connectivity index (χ3n) is 2.78. The summed E-state index contributed by atoms with van der Waals surface area (Å²) in [4.78, 5) is 15.5. The molecule has 0 saturated carbocycles. The highest BCUT2D eigenvalue weighted by molar-refractivity contribution is 7.91. The summed E-state index contributed by atoms with van der Waals surface area (Å²) in [6.45, 7) is 2.23. The molecule has 0 spiro atoms. The van der Waals surface area contributed by atoms with Gasteiger partial charge >= 0.3 is 5.97 Å². The van der Waals surface area contributed by atoms with Crippen LogP contribution in [0.5, 0.6) is 0 Å². The first-order chi connectivity index (χ1) is 8.96. The summed E-state index contributed by atoms with van der Waals surface area (Å²) in [6.07, 6.45) is 2.32. The Hall–Kier alpha value is -0.700. The van der Waals surface area contributed by atoms with Gasteiger partial charge in [-0.1, -0.05) is 22.9 Å². The van der Waals surface area contributed by atoms with Crippen LogP contribution >= 0.6 is 22.9 Å². The second kappa shape index (κ2) is 5.74. The number of thiazole rings is 1. The fourth-order valence-corrected chi connectivity index (χ4v) is 5.05. The number of hydrogen-bond acceptors (Lipinski definition) is 6. The molecular formula is C10H13ClN2O4S2. The lowest BCUT2D eigenvalue weighted by atomic mass is 10.2. The highest BCUT2D eigenvalue weighted by Crippen LogP contribution is 2.30. The third-order valence-corrected chi connectivity index (χ3v) is 6.24. The highest BCUT2D eigenvalue weighted by atomic mass is 35.5. The van der Waals surface area contributed by atoms with Crippen LogP contribution in [0, 0.1) is 0 Å². The Morgan fingerprint density at radius 3 is 3.00 bits per heavy atom. The molecule has 1 atom stereocenters. The number of aromatic nitrogens is 1. The van der Waals surface area contributed by atoms with Gasteiger partial charge in [0.25, 0.3) is 10.0 Å². The molecule has 0 radical (unpaired) electrons. The lowest BCUT2D eigenvalue weighted by Crippen LogP contribution is -2.41. The largest absolute Gasteiger partial charge is 0.465 e. The number of sulfonamides is 1. The Labute approximate surface area is 120 Å². The molecule has 1 aliphatic heterocycles. The molecule has 1 aliphatic rings. The molecule has 1 aromatic rings. The molecule has 1 unspecified atom stereocenters. The zero-order valence-electron chi connectivity index (χ0n) is 10.2. The van der Waals surface area contributed by atoms with Crippen LogP contribution in [0.2, 0.25) is 4.47 Å². The second-order valence-electron chi connectivity index (χ2n) is 3.96. The van der Waals surface area contributed by atoms with E-state index >= 15 is 0 Å². The number of rotatable bonds is 4. The van der Waals surface area contributed by atoms with Gasteiger partial charge in [0.2, 0.25) is 0 Å². The van der Waals surface area contributed by atoms with Gasteiger partial charge in [0, 0.05) is 6.54 Å². The SMILES string of the molecule is CCOC(=O)C1CCCN1S(=O)(=O)c1cnc(Cl)s1. The third kappa shape index (κ3) is 2.91. The van der Waals surface area contributed by atoms with E-state index < -0.39 is 22.0 Å². The summed E-state index contributed by atoms with van der Waals surface area (Å²) in [6, 6.07) is -0.745. The summed E-state index contributed by atoms with van der Waals surface area (Å²) in [5.74, 6) is -0.501. The normalized spacial score (nSPS) is 20.6. The van der Waals surface area contributed by atoms with Gasteiger partial charge in [0.05, 0.1) is 12.8 Å². The van der Waals surface area contributed by atoms with Crippen molar-refractivity contribution < 1.29 is 17.9 Å². The molecule has 0 aromatic carbocycles. The number of hydrogen-bond donors (Lipinski definition) is 0. The Bertz CT molecular complexity index is 572. The fraction of sp³-hybridized carbons (Fsp3) is 0.600. The topological polar surface area (TPSA) is 76.6 Å². The van der Waals surface area contributed by atoms with Gasteiger partial charge in [-0.2, -0.15) is 4.31 Å². The molecule has 9 heteroatoms. The molecule has 19 heavy (non-hydrogen) atoms. The number of nitrogens with zero attached hydrogens (tertiary/aromatic N) is 2. The van der Waals surface area contributed by atoms with E-state index in [4.69, 9.17) is 16.3 Å². The summed E-state index contributed by atoms with van der Waals surface area (Å²) in [7, 11) is -3.73. The van der Waals surface area contributed by atoms with Crippen molar-refractivity contribution in [3.8, 4) is 0 Å². The molecule has 0 aliphatic carbocycles. The quantitative estimate of drug-likeness (QED) is 0.785. The fourth-order valence-electron chi connectivity index (χ4n) is 1.98. The van der Waals surface area contributed by atoms with Gasteiger partial charge in [-0.3, -0.25) is 4.79 Å². The molecule has 0 amide bonds. The molecule has 1 saturated heterocycles. The van der Waals surface area contributed by atoms with Crippen LogP contribution in [0.25, 0.3) is 0 Å². The van der Waals surface area contributed by atoms with E-state index in [-0.39, 0.29) is 15.3 Å². The molecule has 6 nitrogen and oxygen atoms in total. The molecule has 1 fully saturated rings. The average Bonchev–Trinajstić information content (AvgIpc) is 2.97. The van der Waals surface area contributed by atoms with E-state index in [1.54, 1.807) is 6.92 Å². The van der Waals surface area contributed by atoms with Crippen molar-refractivity contribution in [1.29, 1.82) is 0 Å². The number of carbonyl (C=O) groups excluding carboxylic acids is 1. The first-order valence-electron chi connectivity index (χ1n) is 5.76. The molecule has 0 bridgehead atoms. The van der Waals surface area contributed by atoms with Crippen LogP contribution in [-0.2, 0) is 19.6 Å². The summed E-state index contributed by atoms with van der Waals surface area (Å²) in [5, 5.41) is 0. The highest BCUT2D eigenvalue weighted by Gasteiger charge is 2.41. The number of ether oxygens (including phenoxy) is 1. The minimum Gasteiger partial charge on any atom is -0.465 e. The lowest BCUT2D eigenvalue weighted by molar-refractivity contribution is -0.146. The first kappa shape index (κ1) is 14.7. The standard InChI is InChI=1S/C10H13ClN2O4S2/c1-2-17-9(14)7-4-3-5-13(7)19(15,16)8-6-12-10(11)18-8/h6-7H,2-5H2,1H3. The van der Waals surface area contributed by atoms with Crippen LogP contribution in [0.4, 0.5) is 0 Å². The van der Waals surface area contributed by atoms with Crippen molar-refractivity contribution in [2.75, 3.05) is 13.2 Å². The predicted molar refractivity (Wildman–Crippen MR) is 70.7 cm³/mol. The van der Waals surface area contributed by atoms with Crippen LogP contribution in [0.1, 0.15) is 19.8 Å². The monoisotopic (exact) mass is 324 g/mol. The molecule has 2 heterocycles. The summed E-state index contributed by atoms with van der Waals surface area (Å²) in [5.41, 5.74) is 0. The van der Waals surface area contributed by atoms with Gasteiger partial charge in [0.1, 0.15) is 6.04 Å². The van der Waals surface area contributed by atoms with Crippen molar-refractivity contribution >= 4 is 38.9 Å².